The lowest BCUT2D eigenvalue weighted by molar-refractivity contribution is 0.533. The van der Waals surface area contributed by atoms with E-state index in [0.717, 1.165) is 46.0 Å². The summed E-state index contributed by atoms with van der Waals surface area (Å²) in [4.78, 5) is 10.8. The van der Waals surface area contributed by atoms with Gasteiger partial charge in [0.15, 0.2) is 5.84 Å². The normalized spacial score (nSPS) is 15.2. The molecule has 1 aliphatic heterocycles. The topological polar surface area (TPSA) is 34.6 Å². The lowest BCUT2D eigenvalue weighted by Crippen LogP contribution is -2.28. The zero-order valence-electron chi connectivity index (χ0n) is 38.7. The Hall–Kier alpha value is -8.86. The van der Waals surface area contributed by atoms with Crippen LogP contribution >= 0.6 is 0 Å². The van der Waals surface area contributed by atoms with E-state index in [4.69, 9.17) is 9.98 Å². The molecular formula is C66H46N4. The second kappa shape index (κ2) is 16.1. The number of aromatic nitrogens is 2. The monoisotopic (exact) mass is 894 g/mol. The van der Waals surface area contributed by atoms with Gasteiger partial charge in [-0.25, -0.2) is 4.99 Å². The summed E-state index contributed by atoms with van der Waals surface area (Å²) in [6.07, 6.45) is 0.906. The van der Waals surface area contributed by atoms with E-state index in [1.165, 1.54) is 87.1 Å². The van der Waals surface area contributed by atoms with Crippen molar-refractivity contribution in [2.24, 2.45) is 15.9 Å². The third-order valence-corrected chi connectivity index (χ3v) is 14.9. The molecule has 4 heteroatoms. The third kappa shape index (κ3) is 6.37. The van der Waals surface area contributed by atoms with E-state index in [-0.39, 0.29) is 12.0 Å². The molecule has 13 aromatic rings. The van der Waals surface area contributed by atoms with E-state index in [1.54, 1.807) is 0 Å². The molecule has 11 aromatic carbocycles. The molecule has 0 fully saturated rings. The molecule has 0 spiro atoms. The van der Waals surface area contributed by atoms with Gasteiger partial charge in [-0.05, 0) is 104 Å². The van der Waals surface area contributed by atoms with Gasteiger partial charge < -0.3 is 9.13 Å². The van der Waals surface area contributed by atoms with E-state index < -0.39 is 0 Å². The van der Waals surface area contributed by atoms with E-state index in [2.05, 4.69) is 253 Å². The Labute approximate surface area is 405 Å². The Bertz CT molecular complexity index is 4270. The van der Waals surface area contributed by atoms with Crippen LogP contribution in [0.4, 0.5) is 0 Å². The summed E-state index contributed by atoms with van der Waals surface area (Å²) in [5.41, 5.74) is 13.8. The maximum atomic E-state index is 5.47. The van der Waals surface area contributed by atoms with E-state index in [0.29, 0.717) is 0 Å². The SMILES string of the molecule is CCC1C(c2cccc3cc(-n4c5cc(-c6ccccc6)ccc5c5cc6c7c8ccccc8ccc7n(-c7ccc8ccccc8c7)c6cc54)ccc23)=NC(c2ccccc2)=NC1c1ccccc1. The maximum absolute atomic E-state index is 5.47. The van der Waals surface area contributed by atoms with Crippen LogP contribution in [0.1, 0.15) is 36.1 Å². The maximum Gasteiger partial charge on any atom is 0.155 e. The van der Waals surface area contributed by atoms with Crippen molar-refractivity contribution < 1.29 is 0 Å². The predicted molar refractivity (Wildman–Crippen MR) is 296 cm³/mol. The summed E-state index contributed by atoms with van der Waals surface area (Å²) in [5, 5.41) is 12.3. The zero-order valence-corrected chi connectivity index (χ0v) is 38.7. The fourth-order valence-electron chi connectivity index (χ4n) is 11.6. The smallest absolute Gasteiger partial charge is 0.155 e. The van der Waals surface area contributed by atoms with Gasteiger partial charge in [-0.1, -0.05) is 195 Å². The molecule has 2 atom stereocenters. The van der Waals surface area contributed by atoms with Gasteiger partial charge >= 0.3 is 0 Å². The van der Waals surface area contributed by atoms with E-state index in [9.17, 15) is 0 Å². The number of nitrogens with zero attached hydrogens (tertiary/aromatic N) is 4. The van der Waals surface area contributed by atoms with Crippen LogP contribution in [0, 0.1) is 5.92 Å². The highest BCUT2D eigenvalue weighted by Crippen LogP contribution is 2.44. The molecule has 0 saturated heterocycles. The van der Waals surface area contributed by atoms with E-state index in [1.807, 2.05) is 0 Å². The molecule has 0 radical (unpaired) electrons. The van der Waals surface area contributed by atoms with Crippen molar-refractivity contribution in [3.05, 3.63) is 253 Å². The van der Waals surface area contributed by atoms with Crippen molar-refractivity contribution in [2.45, 2.75) is 19.4 Å². The van der Waals surface area contributed by atoms with Crippen LogP contribution in [0.3, 0.4) is 0 Å². The van der Waals surface area contributed by atoms with Gasteiger partial charge in [-0.15, -0.1) is 0 Å². The third-order valence-electron chi connectivity index (χ3n) is 14.9. The van der Waals surface area contributed by atoms with Crippen LogP contribution in [0.25, 0.3) is 98.4 Å². The molecule has 0 saturated carbocycles. The first-order valence-corrected chi connectivity index (χ1v) is 24.5. The molecule has 70 heavy (non-hydrogen) atoms. The molecular weight excluding hydrogens is 849 g/mol. The van der Waals surface area contributed by atoms with Gasteiger partial charge in [0.05, 0.1) is 33.8 Å². The molecule has 0 N–H and O–H groups in total. The number of hydrogen-bond donors (Lipinski definition) is 0. The molecule has 4 nitrogen and oxygen atoms in total. The van der Waals surface area contributed by atoms with Gasteiger partial charge in [0.25, 0.3) is 0 Å². The quantitative estimate of drug-likeness (QED) is 0.153. The lowest BCUT2D eigenvalue weighted by Gasteiger charge is -2.30. The van der Waals surface area contributed by atoms with E-state index >= 15 is 0 Å². The molecule has 0 aliphatic carbocycles. The highest BCUT2D eigenvalue weighted by Gasteiger charge is 2.32. The summed E-state index contributed by atoms with van der Waals surface area (Å²) in [5.74, 6) is 0.880. The highest BCUT2D eigenvalue weighted by molar-refractivity contribution is 6.26. The minimum Gasteiger partial charge on any atom is -0.309 e. The summed E-state index contributed by atoms with van der Waals surface area (Å²) < 4.78 is 4.99. The van der Waals surface area contributed by atoms with Crippen molar-refractivity contribution >= 4 is 87.5 Å². The zero-order chi connectivity index (χ0) is 46.3. The van der Waals surface area contributed by atoms with Crippen LogP contribution in [-0.2, 0) is 0 Å². The predicted octanol–water partition coefficient (Wildman–Crippen LogP) is 17.0. The number of amidine groups is 1. The van der Waals surface area contributed by atoms with Crippen molar-refractivity contribution in [3.63, 3.8) is 0 Å². The van der Waals surface area contributed by atoms with Crippen molar-refractivity contribution in [1.82, 2.24) is 9.13 Å². The first kappa shape index (κ1) is 40.2. The number of rotatable bonds is 7. The first-order valence-electron chi connectivity index (χ1n) is 24.5. The minimum atomic E-state index is -0.0557. The Morgan fingerprint density at radius 1 is 0.386 bits per heavy atom. The minimum absolute atomic E-state index is 0.0557. The average Bonchev–Trinajstić information content (AvgIpc) is 3.93. The number of aliphatic imine (C=N–C) groups is 2. The standard InChI is InChI=1S/C66H46N4/c1-2-52-64(45-21-8-4-9-22-45)67-66(46-23-10-5-11-24-46)68-65(52)56-28-16-26-49-38-51(33-35-53(49)56)70-60-39-48(42-17-6-3-7-18-42)30-34-55(60)57-40-58-62(41-61(57)70)69(50-32-29-43-19-12-13-25-47(43)37-50)59-36-31-44-20-14-15-27-54(44)63(58)59/h3-41,52,64H,2H2,1H3. The molecule has 14 rings (SSSR count). The van der Waals surface area contributed by atoms with Crippen LogP contribution in [0.15, 0.2) is 247 Å². The average molecular weight is 895 g/mol. The number of fused-ring (bicyclic) bond motifs is 10. The Morgan fingerprint density at radius 2 is 1.00 bits per heavy atom. The Morgan fingerprint density at radius 3 is 1.80 bits per heavy atom. The fourth-order valence-corrected chi connectivity index (χ4v) is 11.6. The van der Waals surface area contributed by atoms with Crippen LogP contribution < -0.4 is 0 Å². The Balaban J connectivity index is 1.02. The molecule has 330 valence electrons. The number of benzene rings is 11. The van der Waals surface area contributed by atoms with Crippen LogP contribution in [0.5, 0.6) is 0 Å². The second-order valence-corrected chi connectivity index (χ2v) is 18.8. The van der Waals surface area contributed by atoms with Gasteiger partial charge in [0, 0.05) is 50.0 Å². The summed E-state index contributed by atoms with van der Waals surface area (Å²) in [6.45, 7) is 2.27. The van der Waals surface area contributed by atoms with Crippen molar-refractivity contribution in [3.8, 4) is 22.5 Å². The van der Waals surface area contributed by atoms with Gasteiger partial charge in [0.1, 0.15) is 0 Å². The van der Waals surface area contributed by atoms with Gasteiger partial charge in [-0.3, -0.25) is 4.99 Å². The van der Waals surface area contributed by atoms with Crippen molar-refractivity contribution in [1.29, 1.82) is 0 Å². The number of hydrogen-bond acceptors (Lipinski definition) is 2. The van der Waals surface area contributed by atoms with Crippen LogP contribution in [-0.4, -0.2) is 20.7 Å². The molecule has 3 heterocycles. The summed E-state index contributed by atoms with van der Waals surface area (Å²) in [7, 11) is 0. The summed E-state index contributed by atoms with van der Waals surface area (Å²) >= 11 is 0. The second-order valence-electron chi connectivity index (χ2n) is 18.8. The van der Waals surface area contributed by atoms with Crippen molar-refractivity contribution in [2.75, 3.05) is 0 Å². The molecule has 2 unspecified atom stereocenters. The van der Waals surface area contributed by atoms with Gasteiger partial charge in [0.2, 0.25) is 0 Å². The molecule has 0 amide bonds. The van der Waals surface area contributed by atoms with Gasteiger partial charge in [-0.2, -0.15) is 0 Å². The highest BCUT2D eigenvalue weighted by atomic mass is 15.0. The Kier molecular flexibility index (Phi) is 9.28. The molecule has 1 aliphatic rings. The first-order chi connectivity index (χ1) is 34.7. The lowest BCUT2D eigenvalue weighted by atomic mass is 9.82. The largest absolute Gasteiger partial charge is 0.309 e. The molecule has 2 aromatic heterocycles. The summed E-state index contributed by atoms with van der Waals surface area (Å²) in [6, 6.07) is 86.5. The molecule has 0 bridgehead atoms. The van der Waals surface area contributed by atoms with Crippen LogP contribution in [0.2, 0.25) is 0 Å². The fraction of sp³-hybridized carbons (Fsp3) is 0.0606.